The molecule has 1 aliphatic carbocycles. The number of halogens is 1. The maximum absolute atomic E-state index is 3.56. The average Bonchev–Trinajstić information content (AvgIpc) is 2.28. The van der Waals surface area contributed by atoms with Crippen LogP contribution in [0.5, 0.6) is 0 Å². The van der Waals surface area contributed by atoms with E-state index in [9.17, 15) is 0 Å². The lowest BCUT2D eigenvalue weighted by Gasteiger charge is -2.27. The van der Waals surface area contributed by atoms with Gasteiger partial charge in [0, 0.05) is 5.33 Å². The van der Waals surface area contributed by atoms with Gasteiger partial charge in [-0.25, -0.2) is 0 Å². The Morgan fingerprint density at radius 2 is 1.81 bits per heavy atom. The Balaban J connectivity index is 2.29. The SMILES string of the molecule is CC(C)(CCBr)c1ccc2c(c1)CCCC2. The summed E-state index contributed by atoms with van der Waals surface area (Å²) in [5.41, 5.74) is 5.00. The number of hydrogen-bond donors (Lipinski definition) is 0. The van der Waals surface area contributed by atoms with Crippen molar-refractivity contribution < 1.29 is 0 Å². The molecule has 0 aromatic heterocycles. The summed E-state index contributed by atoms with van der Waals surface area (Å²) >= 11 is 3.56. The Labute approximate surface area is 108 Å². The van der Waals surface area contributed by atoms with Crippen molar-refractivity contribution in [2.45, 2.75) is 51.4 Å². The maximum atomic E-state index is 3.56. The molecule has 0 aliphatic heterocycles. The first kappa shape index (κ1) is 12.2. The second-order valence-electron chi connectivity index (χ2n) is 5.51. The minimum atomic E-state index is 0.302. The van der Waals surface area contributed by atoms with Crippen LogP contribution in [-0.4, -0.2) is 5.33 Å². The fourth-order valence-corrected chi connectivity index (χ4v) is 3.53. The maximum Gasteiger partial charge on any atom is 0.00395 e. The van der Waals surface area contributed by atoms with Crippen LogP contribution in [-0.2, 0) is 18.3 Å². The molecule has 0 saturated heterocycles. The van der Waals surface area contributed by atoms with Crippen molar-refractivity contribution >= 4 is 15.9 Å². The van der Waals surface area contributed by atoms with Gasteiger partial charge in [-0.2, -0.15) is 0 Å². The van der Waals surface area contributed by atoms with Gasteiger partial charge in [-0.05, 0) is 54.2 Å². The predicted molar refractivity (Wildman–Crippen MR) is 74.5 cm³/mol. The molecule has 1 aromatic rings. The Hall–Kier alpha value is -0.300. The van der Waals surface area contributed by atoms with Gasteiger partial charge >= 0.3 is 0 Å². The van der Waals surface area contributed by atoms with E-state index >= 15 is 0 Å². The van der Waals surface area contributed by atoms with Gasteiger partial charge in [0.1, 0.15) is 0 Å². The summed E-state index contributed by atoms with van der Waals surface area (Å²) in [5.74, 6) is 0. The molecule has 0 N–H and O–H groups in total. The van der Waals surface area contributed by atoms with Crippen molar-refractivity contribution in [2.24, 2.45) is 0 Å². The summed E-state index contributed by atoms with van der Waals surface area (Å²) in [5, 5.41) is 1.08. The molecular formula is C15H21Br. The number of hydrogen-bond acceptors (Lipinski definition) is 0. The summed E-state index contributed by atoms with van der Waals surface area (Å²) in [7, 11) is 0. The zero-order chi connectivity index (χ0) is 11.6. The van der Waals surface area contributed by atoms with E-state index in [-0.39, 0.29) is 0 Å². The van der Waals surface area contributed by atoms with Gasteiger partial charge in [0.2, 0.25) is 0 Å². The minimum absolute atomic E-state index is 0.302. The Bertz CT molecular complexity index is 366. The van der Waals surface area contributed by atoms with Crippen LogP contribution in [0.25, 0.3) is 0 Å². The van der Waals surface area contributed by atoms with Crippen LogP contribution in [0, 0.1) is 0 Å². The number of alkyl halides is 1. The van der Waals surface area contributed by atoms with Crippen molar-refractivity contribution in [3.05, 3.63) is 34.9 Å². The van der Waals surface area contributed by atoms with Crippen molar-refractivity contribution in [1.29, 1.82) is 0 Å². The average molecular weight is 281 g/mol. The summed E-state index contributed by atoms with van der Waals surface area (Å²) in [6.07, 6.45) is 6.51. The first-order valence-electron chi connectivity index (χ1n) is 6.32. The van der Waals surface area contributed by atoms with Crippen molar-refractivity contribution in [1.82, 2.24) is 0 Å². The first-order valence-corrected chi connectivity index (χ1v) is 7.44. The molecule has 1 heteroatoms. The van der Waals surface area contributed by atoms with Crippen LogP contribution < -0.4 is 0 Å². The van der Waals surface area contributed by atoms with Gasteiger partial charge in [0.05, 0.1) is 0 Å². The molecule has 0 atom stereocenters. The lowest BCUT2D eigenvalue weighted by Crippen LogP contribution is -2.18. The van der Waals surface area contributed by atoms with Gasteiger partial charge in [-0.3, -0.25) is 0 Å². The third kappa shape index (κ3) is 2.51. The van der Waals surface area contributed by atoms with Gasteiger partial charge in [-0.15, -0.1) is 0 Å². The molecule has 88 valence electrons. The molecule has 0 heterocycles. The Morgan fingerprint density at radius 3 is 2.50 bits per heavy atom. The highest BCUT2D eigenvalue weighted by atomic mass is 79.9. The summed E-state index contributed by atoms with van der Waals surface area (Å²) in [4.78, 5) is 0. The molecule has 0 fully saturated rings. The van der Waals surface area contributed by atoms with Crippen LogP contribution >= 0.6 is 15.9 Å². The zero-order valence-corrected chi connectivity index (χ0v) is 11.9. The third-order valence-electron chi connectivity index (χ3n) is 3.85. The highest BCUT2D eigenvalue weighted by molar-refractivity contribution is 9.09. The highest BCUT2D eigenvalue weighted by Crippen LogP contribution is 2.31. The first-order chi connectivity index (χ1) is 7.63. The van der Waals surface area contributed by atoms with E-state index in [0.717, 1.165) is 5.33 Å². The van der Waals surface area contributed by atoms with Gasteiger partial charge in [0.25, 0.3) is 0 Å². The van der Waals surface area contributed by atoms with E-state index in [1.165, 1.54) is 37.7 Å². The largest absolute Gasteiger partial charge is 0.0928 e. The smallest absolute Gasteiger partial charge is 0.00395 e. The number of rotatable bonds is 3. The Morgan fingerprint density at radius 1 is 1.12 bits per heavy atom. The molecule has 1 aromatic carbocycles. The fourth-order valence-electron chi connectivity index (χ4n) is 2.53. The molecule has 1 aliphatic rings. The van der Waals surface area contributed by atoms with Gasteiger partial charge in [-0.1, -0.05) is 48.0 Å². The van der Waals surface area contributed by atoms with Crippen molar-refractivity contribution in [2.75, 3.05) is 5.33 Å². The quantitative estimate of drug-likeness (QED) is 0.709. The monoisotopic (exact) mass is 280 g/mol. The lowest BCUT2D eigenvalue weighted by atomic mass is 9.79. The van der Waals surface area contributed by atoms with Crippen molar-refractivity contribution in [3.63, 3.8) is 0 Å². The van der Waals surface area contributed by atoms with Crippen LogP contribution in [0.1, 0.15) is 49.8 Å². The summed E-state index contributed by atoms with van der Waals surface area (Å²) in [6, 6.07) is 7.16. The topological polar surface area (TPSA) is 0 Å². The third-order valence-corrected chi connectivity index (χ3v) is 4.25. The number of fused-ring (bicyclic) bond motifs is 1. The molecule has 0 saturated carbocycles. The van der Waals surface area contributed by atoms with Crippen LogP contribution in [0.15, 0.2) is 18.2 Å². The molecule has 0 unspecified atom stereocenters. The Kier molecular flexibility index (Phi) is 3.73. The van der Waals surface area contributed by atoms with Gasteiger partial charge < -0.3 is 0 Å². The van der Waals surface area contributed by atoms with E-state index in [1.807, 2.05) is 0 Å². The minimum Gasteiger partial charge on any atom is -0.0928 e. The second-order valence-corrected chi connectivity index (χ2v) is 6.31. The molecule has 0 nitrogen and oxygen atoms in total. The number of benzene rings is 1. The standard InChI is InChI=1S/C15H21Br/c1-15(2,9-10-16)14-8-7-12-5-3-4-6-13(12)11-14/h7-8,11H,3-6,9-10H2,1-2H3. The molecule has 16 heavy (non-hydrogen) atoms. The molecule has 0 radical (unpaired) electrons. The zero-order valence-electron chi connectivity index (χ0n) is 10.4. The van der Waals surface area contributed by atoms with E-state index in [0.29, 0.717) is 5.41 Å². The fraction of sp³-hybridized carbons (Fsp3) is 0.600. The van der Waals surface area contributed by atoms with E-state index in [1.54, 1.807) is 11.1 Å². The molecule has 2 rings (SSSR count). The van der Waals surface area contributed by atoms with Crippen LogP contribution in [0.3, 0.4) is 0 Å². The summed E-state index contributed by atoms with van der Waals surface area (Å²) < 4.78 is 0. The van der Waals surface area contributed by atoms with Gasteiger partial charge in [0.15, 0.2) is 0 Å². The van der Waals surface area contributed by atoms with Crippen molar-refractivity contribution in [3.8, 4) is 0 Å². The summed E-state index contributed by atoms with van der Waals surface area (Å²) in [6.45, 7) is 4.69. The van der Waals surface area contributed by atoms with E-state index in [2.05, 4.69) is 48.0 Å². The normalized spacial score (nSPS) is 15.9. The lowest BCUT2D eigenvalue weighted by molar-refractivity contribution is 0.510. The number of aryl methyl sites for hydroxylation is 2. The predicted octanol–water partition coefficient (Wildman–Crippen LogP) is 4.63. The molecule has 0 spiro atoms. The molecule has 0 bridgehead atoms. The highest BCUT2D eigenvalue weighted by Gasteiger charge is 2.21. The second kappa shape index (κ2) is 4.91. The van der Waals surface area contributed by atoms with E-state index < -0.39 is 0 Å². The molecule has 0 amide bonds. The van der Waals surface area contributed by atoms with Crippen LogP contribution in [0.2, 0.25) is 0 Å². The molecular weight excluding hydrogens is 260 g/mol. The van der Waals surface area contributed by atoms with E-state index in [4.69, 9.17) is 0 Å². The van der Waals surface area contributed by atoms with Crippen LogP contribution in [0.4, 0.5) is 0 Å².